The standard InChI is InChI=1S/C24H22BrN3O6S2/c1-32-18-12-15(11-17(25)21(18)34-14-20(29)27-7-9-33-10-8-27)13-19-23(31)28(24(35)36-19)26-22(30)16-5-3-2-4-6-16/h2-6,11-13H,7-10,14H2,1H3,(H,26,30)/b19-13+. The van der Waals surface area contributed by atoms with E-state index in [1.807, 2.05) is 0 Å². The average molecular weight is 592 g/mol. The third-order valence-electron chi connectivity index (χ3n) is 5.30. The molecule has 2 aliphatic rings. The summed E-state index contributed by atoms with van der Waals surface area (Å²) in [4.78, 5) is 39.9. The van der Waals surface area contributed by atoms with Gasteiger partial charge in [-0.15, -0.1) is 0 Å². The van der Waals surface area contributed by atoms with E-state index in [4.69, 9.17) is 26.4 Å². The van der Waals surface area contributed by atoms with Gasteiger partial charge in [-0.1, -0.05) is 30.0 Å². The first kappa shape index (κ1) is 26.1. The van der Waals surface area contributed by atoms with E-state index in [9.17, 15) is 14.4 Å². The number of benzene rings is 2. The molecule has 0 spiro atoms. The molecule has 0 radical (unpaired) electrons. The summed E-state index contributed by atoms with van der Waals surface area (Å²) in [6, 6.07) is 12.0. The van der Waals surface area contributed by atoms with Crippen molar-refractivity contribution in [2.24, 2.45) is 0 Å². The fourth-order valence-corrected chi connectivity index (χ4v) is 5.23. The van der Waals surface area contributed by atoms with Crippen molar-refractivity contribution in [2.45, 2.75) is 0 Å². The Morgan fingerprint density at radius 1 is 1.22 bits per heavy atom. The predicted octanol–water partition coefficient (Wildman–Crippen LogP) is 3.24. The molecule has 2 fully saturated rings. The molecular formula is C24H22BrN3O6S2. The maximum atomic E-state index is 12.9. The lowest BCUT2D eigenvalue weighted by molar-refractivity contribution is -0.137. The molecule has 3 amide bonds. The third kappa shape index (κ3) is 6.06. The molecule has 12 heteroatoms. The van der Waals surface area contributed by atoms with Gasteiger partial charge in [0.2, 0.25) is 0 Å². The number of methoxy groups -OCH3 is 1. The van der Waals surface area contributed by atoms with Crippen LogP contribution >= 0.6 is 39.9 Å². The smallest absolute Gasteiger partial charge is 0.285 e. The molecule has 4 rings (SSSR count). The van der Waals surface area contributed by atoms with Crippen LogP contribution in [-0.4, -0.2) is 72.0 Å². The molecule has 0 aliphatic carbocycles. The van der Waals surface area contributed by atoms with Crippen molar-refractivity contribution < 1.29 is 28.6 Å². The van der Waals surface area contributed by atoms with Crippen molar-refractivity contribution in [3.8, 4) is 11.5 Å². The Balaban J connectivity index is 1.46. The summed E-state index contributed by atoms with van der Waals surface area (Å²) >= 11 is 9.84. The maximum Gasteiger partial charge on any atom is 0.285 e. The molecule has 0 bridgehead atoms. The highest BCUT2D eigenvalue weighted by atomic mass is 79.9. The van der Waals surface area contributed by atoms with Crippen molar-refractivity contribution in [1.29, 1.82) is 0 Å². The Morgan fingerprint density at radius 3 is 2.64 bits per heavy atom. The summed E-state index contributed by atoms with van der Waals surface area (Å²) in [5.41, 5.74) is 3.60. The Kier molecular flexibility index (Phi) is 8.62. The van der Waals surface area contributed by atoms with Gasteiger partial charge in [0.15, 0.2) is 22.4 Å². The zero-order valence-corrected chi connectivity index (χ0v) is 22.4. The summed E-state index contributed by atoms with van der Waals surface area (Å²) < 4.78 is 17.3. The van der Waals surface area contributed by atoms with Gasteiger partial charge in [-0.3, -0.25) is 19.8 Å². The molecule has 188 valence electrons. The van der Waals surface area contributed by atoms with Gasteiger partial charge in [0.25, 0.3) is 17.7 Å². The van der Waals surface area contributed by atoms with Crippen LogP contribution in [0.15, 0.2) is 51.8 Å². The molecule has 9 nitrogen and oxygen atoms in total. The lowest BCUT2D eigenvalue weighted by atomic mass is 10.2. The van der Waals surface area contributed by atoms with Crippen molar-refractivity contribution in [3.05, 3.63) is 63.0 Å². The number of ether oxygens (including phenoxy) is 3. The number of carbonyl (C=O) groups is 3. The Hall–Kier alpha value is -2.93. The van der Waals surface area contributed by atoms with E-state index in [1.54, 1.807) is 53.4 Å². The van der Waals surface area contributed by atoms with Crippen LogP contribution in [0.5, 0.6) is 11.5 Å². The minimum absolute atomic E-state index is 0.141. The molecule has 2 saturated heterocycles. The van der Waals surface area contributed by atoms with Gasteiger partial charge >= 0.3 is 0 Å². The van der Waals surface area contributed by atoms with Gasteiger partial charge in [0.1, 0.15) is 0 Å². The summed E-state index contributed by atoms with van der Waals surface area (Å²) in [6.45, 7) is 1.94. The molecule has 2 heterocycles. The van der Waals surface area contributed by atoms with E-state index in [2.05, 4.69) is 21.4 Å². The summed E-state index contributed by atoms with van der Waals surface area (Å²) in [7, 11) is 1.49. The molecule has 2 aromatic rings. The number of rotatable bonds is 7. The molecule has 0 saturated carbocycles. The van der Waals surface area contributed by atoms with Crippen molar-refractivity contribution in [2.75, 3.05) is 40.0 Å². The highest BCUT2D eigenvalue weighted by molar-refractivity contribution is 9.10. The number of nitrogens with zero attached hydrogens (tertiary/aromatic N) is 2. The first-order valence-electron chi connectivity index (χ1n) is 10.9. The van der Waals surface area contributed by atoms with E-state index in [0.717, 1.165) is 16.8 Å². The Morgan fingerprint density at radius 2 is 1.94 bits per heavy atom. The SMILES string of the molecule is COc1cc(/C=C2/SC(=S)N(NC(=O)c3ccccc3)C2=O)cc(Br)c1OCC(=O)N1CCOCC1. The number of hydrogen-bond acceptors (Lipinski definition) is 8. The second-order valence-electron chi connectivity index (χ2n) is 7.64. The molecule has 36 heavy (non-hydrogen) atoms. The Labute approximate surface area is 225 Å². The number of halogens is 1. The number of hydrogen-bond donors (Lipinski definition) is 1. The minimum Gasteiger partial charge on any atom is -0.493 e. The predicted molar refractivity (Wildman–Crippen MR) is 143 cm³/mol. The largest absolute Gasteiger partial charge is 0.493 e. The van der Waals surface area contributed by atoms with Crippen LogP contribution in [0.4, 0.5) is 0 Å². The number of thiocarbonyl (C=S) groups is 1. The summed E-state index contributed by atoms with van der Waals surface area (Å²) in [5.74, 6) is -0.263. The molecule has 2 aromatic carbocycles. The van der Waals surface area contributed by atoms with E-state index >= 15 is 0 Å². The van der Waals surface area contributed by atoms with Crippen molar-refractivity contribution in [1.82, 2.24) is 15.3 Å². The Bertz CT molecular complexity index is 1220. The van der Waals surface area contributed by atoms with Crippen LogP contribution in [0.2, 0.25) is 0 Å². The average Bonchev–Trinajstić information content (AvgIpc) is 3.15. The van der Waals surface area contributed by atoms with Crippen LogP contribution in [0.1, 0.15) is 15.9 Å². The number of morpholine rings is 1. The summed E-state index contributed by atoms with van der Waals surface area (Å²) in [6.07, 6.45) is 1.64. The van der Waals surface area contributed by atoms with E-state index < -0.39 is 11.8 Å². The van der Waals surface area contributed by atoms with Gasteiger partial charge in [0.05, 0.1) is 29.7 Å². The van der Waals surface area contributed by atoms with Crippen LogP contribution in [0.3, 0.4) is 0 Å². The molecule has 0 unspecified atom stereocenters. The van der Waals surface area contributed by atoms with Gasteiger partial charge in [-0.2, -0.15) is 5.01 Å². The number of carbonyl (C=O) groups excluding carboxylic acids is 3. The second-order valence-corrected chi connectivity index (χ2v) is 10.2. The fraction of sp³-hybridized carbons (Fsp3) is 0.250. The number of hydrazine groups is 1. The third-order valence-corrected chi connectivity index (χ3v) is 7.19. The second kappa shape index (κ2) is 11.9. The van der Waals surface area contributed by atoms with E-state index in [1.165, 1.54) is 7.11 Å². The number of nitrogens with one attached hydrogen (secondary N) is 1. The number of thioether (sulfide) groups is 1. The molecule has 0 aromatic heterocycles. The fourth-order valence-electron chi connectivity index (χ4n) is 3.47. The van der Waals surface area contributed by atoms with Crippen molar-refractivity contribution >= 4 is 68.0 Å². The minimum atomic E-state index is -0.444. The molecule has 2 aliphatic heterocycles. The van der Waals surface area contributed by atoms with Gasteiger partial charge in [-0.05, 0) is 64.1 Å². The highest BCUT2D eigenvalue weighted by Crippen LogP contribution is 2.39. The quantitative estimate of drug-likeness (QED) is 0.387. The van der Waals surface area contributed by atoms with Crippen LogP contribution < -0.4 is 14.9 Å². The van der Waals surface area contributed by atoms with Crippen LogP contribution in [-0.2, 0) is 14.3 Å². The van der Waals surface area contributed by atoms with Crippen LogP contribution in [0.25, 0.3) is 6.08 Å². The molecule has 0 atom stereocenters. The van der Waals surface area contributed by atoms with Crippen molar-refractivity contribution in [3.63, 3.8) is 0 Å². The lowest BCUT2D eigenvalue weighted by Gasteiger charge is -2.27. The van der Waals surface area contributed by atoms with Gasteiger partial charge in [-0.25, -0.2) is 0 Å². The van der Waals surface area contributed by atoms with E-state index in [-0.39, 0.29) is 16.8 Å². The first-order chi connectivity index (χ1) is 17.4. The van der Waals surface area contributed by atoms with Gasteiger partial charge < -0.3 is 19.1 Å². The monoisotopic (exact) mass is 591 g/mol. The molecule has 1 N–H and O–H groups in total. The topological polar surface area (TPSA) is 97.4 Å². The lowest BCUT2D eigenvalue weighted by Crippen LogP contribution is -2.44. The maximum absolute atomic E-state index is 12.9. The van der Waals surface area contributed by atoms with Crippen LogP contribution in [0, 0.1) is 0 Å². The zero-order chi connectivity index (χ0) is 25.7. The molecular weight excluding hydrogens is 570 g/mol. The normalized spacial score (nSPS) is 16.9. The highest BCUT2D eigenvalue weighted by Gasteiger charge is 2.34. The van der Waals surface area contributed by atoms with Gasteiger partial charge in [0, 0.05) is 18.7 Å². The van der Waals surface area contributed by atoms with E-state index in [0.29, 0.717) is 58.3 Å². The summed E-state index contributed by atoms with van der Waals surface area (Å²) in [5, 5.41) is 1.06. The zero-order valence-electron chi connectivity index (χ0n) is 19.2. The number of amides is 3. The first-order valence-corrected chi connectivity index (χ1v) is 12.9.